The molecule has 0 amide bonds. The molecule has 0 saturated heterocycles. The van der Waals surface area contributed by atoms with Crippen LogP contribution in [-0.2, 0) is 0 Å². The molecule has 1 nitrogen and oxygen atoms in total. The fourth-order valence-electron chi connectivity index (χ4n) is 0.917. The number of alkyl halides is 3. The second-order valence-corrected chi connectivity index (χ2v) is 5.67. The van der Waals surface area contributed by atoms with Crippen molar-refractivity contribution in [2.45, 2.75) is 16.3 Å². The zero-order valence-electron chi connectivity index (χ0n) is 8.12. The fourth-order valence-corrected chi connectivity index (χ4v) is 1.11. The van der Waals surface area contributed by atoms with Gasteiger partial charge in [0.1, 0.15) is 5.60 Å². The Hall–Kier alpha value is -0.210. The van der Waals surface area contributed by atoms with Crippen LogP contribution < -0.4 is 0 Å². The summed E-state index contributed by atoms with van der Waals surface area (Å²) in [5, 5.41) is 9.83. The largest absolute Gasteiger partial charge is 0.382 e. The summed E-state index contributed by atoms with van der Waals surface area (Å²) in [5.41, 5.74) is -0.555. The SMILES string of the molecule is C[C@](O)(/C=C/c1ccccc1)C(Cl)(Cl)Cl. The number of hydrogen-bond acceptors (Lipinski definition) is 1. The molecule has 0 aliphatic carbocycles. The fraction of sp³-hybridized carbons (Fsp3) is 0.273. The minimum absolute atomic E-state index is 0.937. The van der Waals surface area contributed by atoms with E-state index in [0.717, 1.165) is 5.56 Å². The van der Waals surface area contributed by atoms with E-state index in [0.29, 0.717) is 0 Å². The molecule has 0 aromatic heterocycles. The van der Waals surface area contributed by atoms with Crippen LogP contribution in [0.15, 0.2) is 36.4 Å². The smallest absolute Gasteiger partial charge is 0.222 e. The molecule has 1 aromatic rings. The highest BCUT2D eigenvalue weighted by Gasteiger charge is 2.40. The van der Waals surface area contributed by atoms with Gasteiger partial charge in [0.15, 0.2) is 0 Å². The summed E-state index contributed by atoms with van der Waals surface area (Å²) in [7, 11) is 0. The Labute approximate surface area is 104 Å². The van der Waals surface area contributed by atoms with Crippen LogP contribution in [0, 0.1) is 0 Å². The van der Waals surface area contributed by atoms with Crippen LogP contribution in [0.2, 0.25) is 0 Å². The lowest BCUT2D eigenvalue weighted by molar-refractivity contribution is 0.117. The zero-order valence-corrected chi connectivity index (χ0v) is 10.4. The molecule has 0 aliphatic heterocycles. The van der Waals surface area contributed by atoms with Gasteiger partial charge in [-0.25, -0.2) is 0 Å². The summed E-state index contributed by atoms with van der Waals surface area (Å²) < 4.78 is -1.74. The van der Waals surface area contributed by atoms with Gasteiger partial charge in [0.05, 0.1) is 0 Å². The van der Waals surface area contributed by atoms with Crippen molar-refractivity contribution < 1.29 is 5.11 Å². The predicted molar refractivity (Wildman–Crippen MR) is 66.4 cm³/mol. The molecule has 4 heteroatoms. The number of rotatable bonds is 2. The van der Waals surface area contributed by atoms with Gasteiger partial charge in [-0.2, -0.15) is 0 Å². The van der Waals surface area contributed by atoms with E-state index in [1.54, 1.807) is 6.08 Å². The molecule has 82 valence electrons. The highest BCUT2D eigenvalue weighted by Crippen LogP contribution is 2.39. The Balaban J connectivity index is 2.83. The maximum absolute atomic E-state index is 9.83. The molecule has 0 saturated carbocycles. The summed E-state index contributed by atoms with van der Waals surface area (Å²) in [6.07, 6.45) is 3.18. The van der Waals surface area contributed by atoms with Gasteiger partial charge in [-0.05, 0) is 18.6 Å². The summed E-state index contributed by atoms with van der Waals surface area (Å²) in [5.74, 6) is 0. The van der Waals surface area contributed by atoms with Crippen LogP contribution in [0.4, 0.5) is 0 Å². The molecule has 0 aliphatic rings. The third kappa shape index (κ3) is 3.69. The molecule has 0 unspecified atom stereocenters. The lowest BCUT2D eigenvalue weighted by Crippen LogP contribution is -2.37. The summed E-state index contributed by atoms with van der Waals surface area (Å²) >= 11 is 16.9. The van der Waals surface area contributed by atoms with Gasteiger partial charge in [0.25, 0.3) is 0 Å². The van der Waals surface area contributed by atoms with Crippen molar-refractivity contribution in [2.75, 3.05) is 0 Å². The Morgan fingerprint density at radius 2 is 1.67 bits per heavy atom. The molecule has 1 aromatic carbocycles. The van der Waals surface area contributed by atoms with Crippen molar-refractivity contribution in [2.24, 2.45) is 0 Å². The minimum Gasteiger partial charge on any atom is -0.382 e. The van der Waals surface area contributed by atoms with Gasteiger partial charge >= 0.3 is 0 Å². The van der Waals surface area contributed by atoms with Gasteiger partial charge < -0.3 is 5.11 Å². The summed E-state index contributed by atoms with van der Waals surface area (Å²) in [6.45, 7) is 1.44. The molecule has 0 heterocycles. The average Bonchev–Trinajstić information content (AvgIpc) is 2.15. The lowest BCUT2D eigenvalue weighted by Gasteiger charge is -2.27. The first-order valence-electron chi connectivity index (χ1n) is 4.36. The molecule has 1 rings (SSSR count). The summed E-state index contributed by atoms with van der Waals surface area (Å²) in [4.78, 5) is 0. The van der Waals surface area contributed by atoms with Crippen molar-refractivity contribution in [1.82, 2.24) is 0 Å². The first kappa shape index (κ1) is 12.9. The van der Waals surface area contributed by atoms with E-state index in [-0.39, 0.29) is 0 Å². The molecular weight excluding hydrogens is 254 g/mol. The van der Waals surface area contributed by atoms with Gasteiger partial charge in [-0.3, -0.25) is 0 Å². The van der Waals surface area contributed by atoms with E-state index in [4.69, 9.17) is 34.8 Å². The molecule has 0 fully saturated rings. The van der Waals surface area contributed by atoms with Crippen LogP contribution in [0.25, 0.3) is 6.08 Å². The van der Waals surface area contributed by atoms with Gasteiger partial charge in [0, 0.05) is 0 Å². The Kier molecular flexibility index (Phi) is 4.07. The second kappa shape index (κ2) is 4.75. The highest BCUT2D eigenvalue weighted by molar-refractivity contribution is 6.68. The van der Waals surface area contributed by atoms with Crippen LogP contribution >= 0.6 is 34.8 Å². The van der Waals surface area contributed by atoms with Crippen molar-refractivity contribution in [3.05, 3.63) is 42.0 Å². The average molecular weight is 266 g/mol. The molecule has 1 N–H and O–H groups in total. The van der Waals surface area contributed by atoms with Crippen molar-refractivity contribution in [3.8, 4) is 0 Å². The van der Waals surface area contributed by atoms with Crippen LogP contribution in [0.3, 0.4) is 0 Å². The first-order chi connectivity index (χ1) is 6.83. The highest BCUT2D eigenvalue weighted by atomic mass is 35.6. The molecule has 1 atom stereocenters. The number of hydrogen-bond donors (Lipinski definition) is 1. The third-order valence-electron chi connectivity index (χ3n) is 1.97. The molecule has 0 radical (unpaired) electrons. The number of aliphatic hydroxyl groups is 1. The van der Waals surface area contributed by atoms with Crippen LogP contribution in [0.1, 0.15) is 12.5 Å². The standard InChI is InChI=1S/C11H11Cl3O/c1-10(15,11(12,13)14)8-7-9-5-3-2-4-6-9/h2-8,15H,1H3/b8-7+/t10-/m0/s1. The van der Waals surface area contributed by atoms with Gasteiger partial charge in [0.2, 0.25) is 3.79 Å². The Bertz CT molecular complexity index is 339. The Morgan fingerprint density at radius 3 is 2.13 bits per heavy atom. The number of benzene rings is 1. The van der Waals surface area contributed by atoms with Gasteiger partial charge in [-0.1, -0.05) is 71.2 Å². The molecule has 0 bridgehead atoms. The molecule has 15 heavy (non-hydrogen) atoms. The van der Waals surface area contributed by atoms with E-state index < -0.39 is 9.39 Å². The van der Waals surface area contributed by atoms with E-state index in [1.807, 2.05) is 30.3 Å². The Morgan fingerprint density at radius 1 is 1.13 bits per heavy atom. The minimum atomic E-state index is -1.74. The van der Waals surface area contributed by atoms with Crippen LogP contribution in [0.5, 0.6) is 0 Å². The lowest BCUT2D eigenvalue weighted by atomic mass is 10.1. The summed E-state index contributed by atoms with van der Waals surface area (Å²) in [6, 6.07) is 9.48. The predicted octanol–water partition coefficient (Wildman–Crippen LogP) is 3.82. The maximum Gasteiger partial charge on any atom is 0.222 e. The third-order valence-corrected chi connectivity index (χ3v) is 3.12. The van der Waals surface area contributed by atoms with Crippen molar-refractivity contribution in [1.29, 1.82) is 0 Å². The van der Waals surface area contributed by atoms with E-state index in [1.165, 1.54) is 13.0 Å². The monoisotopic (exact) mass is 264 g/mol. The van der Waals surface area contributed by atoms with Gasteiger partial charge in [-0.15, -0.1) is 0 Å². The zero-order chi connectivity index (χ0) is 11.5. The molecular formula is C11H11Cl3O. The normalized spacial score (nSPS) is 16.6. The van der Waals surface area contributed by atoms with E-state index in [9.17, 15) is 5.11 Å². The topological polar surface area (TPSA) is 20.2 Å². The first-order valence-corrected chi connectivity index (χ1v) is 5.50. The molecule has 0 spiro atoms. The second-order valence-electron chi connectivity index (χ2n) is 3.39. The van der Waals surface area contributed by atoms with Crippen molar-refractivity contribution in [3.63, 3.8) is 0 Å². The van der Waals surface area contributed by atoms with E-state index in [2.05, 4.69) is 0 Å². The van der Waals surface area contributed by atoms with Crippen LogP contribution in [-0.4, -0.2) is 14.5 Å². The van der Waals surface area contributed by atoms with Crippen molar-refractivity contribution >= 4 is 40.9 Å². The quantitative estimate of drug-likeness (QED) is 0.806. The maximum atomic E-state index is 9.83. The van der Waals surface area contributed by atoms with E-state index >= 15 is 0 Å². The number of halogens is 3.